The van der Waals surface area contributed by atoms with Crippen molar-refractivity contribution < 1.29 is 18.7 Å². The van der Waals surface area contributed by atoms with Crippen LogP contribution in [0.25, 0.3) is 11.0 Å². The average Bonchev–Trinajstić information content (AvgIpc) is 3.46. The number of hydrazine groups is 2. The first kappa shape index (κ1) is 20.8. The van der Waals surface area contributed by atoms with Crippen molar-refractivity contribution in [3.63, 3.8) is 0 Å². The minimum Gasteiger partial charge on any atom is -0.487 e. The number of rotatable bonds is 10. The number of ketones is 1. The lowest BCUT2D eigenvalue weighted by molar-refractivity contribution is 0.100. The zero-order valence-electron chi connectivity index (χ0n) is 17.8. The van der Waals surface area contributed by atoms with Crippen LogP contribution >= 0.6 is 0 Å². The average molecular weight is 421 g/mol. The molecule has 0 amide bonds. The van der Waals surface area contributed by atoms with Crippen molar-refractivity contribution in [1.29, 1.82) is 0 Å². The third-order valence-electron chi connectivity index (χ3n) is 5.24. The molecular formula is C24H27N3O4. The van der Waals surface area contributed by atoms with Gasteiger partial charge in [0.25, 0.3) is 0 Å². The van der Waals surface area contributed by atoms with Gasteiger partial charge in [-0.3, -0.25) is 4.79 Å². The number of furan rings is 1. The SMILES string of the molecule is CC(=O)c1c(OCCN2NC=CN2)c(OCCCc2ccccc2)c2occc2c1C. The Kier molecular flexibility index (Phi) is 6.43. The first-order valence-corrected chi connectivity index (χ1v) is 10.4. The van der Waals surface area contributed by atoms with E-state index < -0.39 is 0 Å². The maximum Gasteiger partial charge on any atom is 0.205 e. The fourth-order valence-electron chi connectivity index (χ4n) is 3.75. The Morgan fingerprint density at radius 1 is 1.03 bits per heavy atom. The van der Waals surface area contributed by atoms with E-state index in [2.05, 4.69) is 23.0 Å². The quantitative estimate of drug-likeness (QED) is 0.377. The summed E-state index contributed by atoms with van der Waals surface area (Å²) in [6.07, 6.45) is 6.94. The highest BCUT2D eigenvalue weighted by molar-refractivity contribution is 6.05. The van der Waals surface area contributed by atoms with Crippen LogP contribution in [0.3, 0.4) is 0 Å². The maximum absolute atomic E-state index is 12.5. The molecular weight excluding hydrogens is 394 g/mol. The molecule has 0 unspecified atom stereocenters. The molecule has 0 spiro atoms. The van der Waals surface area contributed by atoms with E-state index in [9.17, 15) is 4.79 Å². The number of carbonyl (C=O) groups is 1. The molecule has 0 radical (unpaired) electrons. The summed E-state index contributed by atoms with van der Waals surface area (Å²) in [6.45, 7) is 4.86. The third kappa shape index (κ3) is 4.67. The molecule has 0 saturated heterocycles. The van der Waals surface area contributed by atoms with E-state index in [1.165, 1.54) is 5.56 Å². The van der Waals surface area contributed by atoms with Gasteiger partial charge >= 0.3 is 0 Å². The van der Waals surface area contributed by atoms with Crippen LogP contribution < -0.4 is 20.3 Å². The minimum atomic E-state index is -0.0659. The van der Waals surface area contributed by atoms with Gasteiger partial charge in [-0.1, -0.05) is 30.3 Å². The Morgan fingerprint density at radius 3 is 2.52 bits per heavy atom. The number of carbonyl (C=O) groups excluding carboxylic acids is 1. The molecule has 4 rings (SSSR count). The van der Waals surface area contributed by atoms with Gasteiger partial charge in [-0.2, -0.15) is 0 Å². The summed E-state index contributed by atoms with van der Waals surface area (Å²) < 4.78 is 18.0. The second-order valence-electron chi connectivity index (χ2n) is 7.41. The van der Waals surface area contributed by atoms with Crippen LogP contribution in [0.4, 0.5) is 0 Å². The Bertz CT molecular complexity index is 1070. The van der Waals surface area contributed by atoms with Gasteiger partial charge in [-0.15, -0.1) is 5.12 Å². The zero-order valence-corrected chi connectivity index (χ0v) is 17.8. The van der Waals surface area contributed by atoms with Gasteiger partial charge in [0.1, 0.15) is 6.61 Å². The molecule has 7 nitrogen and oxygen atoms in total. The predicted octanol–water partition coefficient (Wildman–Crippen LogP) is 4.13. The van der Waals surface area contributed by atoms with Crippen molar-refractivity contribution in [3.8, 4) is 11.5 Å². The zero-order chi connectivity index (χ0) is 21.6. The van der Waals surface area contributed by atoms with Crippen LogP contribution in [0, 0.1) is 6.92 Å². The van der Waals surface area contributed by atoms with Crippen molar-refractivity contribution in [1.82, 2.24) is 16.0 Å². The molecule has 1 aliphatic heterocycles. The first-order chi connectivity index (χ1) is 15.1. The minimum absolute atomic E-state index is 0.0659. The van der Waals surface area contributed by atoms with Crippen molar-refractivity contribution in [2.75, 3.05) is 19.8 Å². The van der Waals surface area contributed by atoms with Crippen molar-refractivity contribution in [3.05, 3.63) is 71.8 Å². The van der Waals surface area contributed by atoms with Crippen molar-refractivity contribution in [2.24, 2.45) is 0 Å². The second-order valence-corrected chi connectivity index (χ2v) is 7.41. The van der Waals surface area contributed by atoms with Crippen molar-refractivity contribution >= 4 is 16.8 Å². The summed E-state index contributed by atoms with van der Waals surface area (Å²) in [5.41, 5.74) is 9.31. The van der Waals surface area contributed by atoms with Gasteiger partial charge < -0.3 is 24.7 Å². The Morgan fingerprint density at radius 2 is 1.77 bits per heavy atom. The summed E-state index contributed by atoms with van der Waals surface area (Å²) in [6, 6.07) is 12.2. The van der Waals surface area contributed by atoms with E-state index in [-0.39, 0.29) is 5.78 Å². The summed E-state index contributed by atoms with van der Waals surface area (Å²) in [5, 5.41) is 2.65. The number of hydrogen-bond acceptors (Lipinski definition) is 7. The standard InChI is InChI=1S/C24H27N3O4/c1-17-20-10-15-30-22(20)24(29-14-6-9-19-7-4-3-5-8-19)23(21(17)18(2)28)31-16-13-27-25-11-12-26-27/h3-5,7-8,10-12,15,25-26H,6,9,13-14,16H2,1-2H3. The lowest BCUT2D eigenvalue weighted by Crippen LogP contribution is -2.40. The summed E-state index contributed by atoms with van der Waals surface area (Å²) in [4.78, 5) is 12.5. The highest BCUT2D eigenvalue weighted by Crippen LogP contribution is 2.42. The van der Waals surface area contributed by atoms with Crippen LogP contribution in [-0.2, 0) is 6.42 Å². The van der Waals surface area contributed by atoms with E-state index >= 15 is 0 Å². The fourth-order valence-corrected chi connectivity index (χ4v) is 3.75. The largest absolute Gasteiger partial charge is 0.487 e. The molecule has 3 aromatic rings. The second kappa shape index (κ2) is 9.57. The molecule has 0 fully saturated rings. The molecule has 2 N–H and O–H groups in total. The normalized spacial score (nSPS) is 13.2. The van der Waals surface area contributed by atoms with Crippen LogP contribution in [-0.4, -0.2) is 30.7 Å². The predicted molar refractivity (Wildman–Crippen MR) is 119 cm³/mol. The number of fused-ring (bicyclic) bond motifs is 1. The monoisotopic (exact) mass is 421 g/mol. The number of benzene rings is 2. The van der Waals surface area contributed by atoms with Gasteiger partial charge in [0.15, 0.2) is 17.1 Å². The molecule has 0 bridgehead atoms. The Hall–Kier alpha value is -3.45. The lowest BCUT2D eigenvalue weighted by Gasteiger charge is -2.20. The number of ether oxygens (including phenoxy) is 2. The van der Waals surface area contributed by atoms with Gasteiger partial charge in [0.05, 0.1) is 25.0 Å². The van der Waals surface area contributed by atoms with Gasteiger partial charge in [-0.05, 0) is 43.9 Å². The molecule has 1 aromatic heterocycles. The van der Waals surface area contributed by atoms with Gasteiger partial charge in [0, 0.05) is 17.8 Å². The first-order valence-electron chi connectivity index (χ1n) is 10.4. The molecule has 0 aliphatic carbocycles. The van der Waals surface area contributed by atoms with Crippen molar-refractivity contribution in [2.45, 2.75) is 26.7 Å². The number of aryl methyl sites for hydroxylation is 2. The number of Topliss-reactive ketones (excluding diaryl/α,β-unsaturated/α-hetero) is 1. The Balaban J connectivity index is 1.55. The summed E-state index contributed by atoms with van der Waals surface area (Å²) in [5.74, 6) is 0.868. The molecule has 0 atom stereocenters. The highest BCUT2D eigenvalue weighted by atomic mass is 16.5. The topological polar surface area (TPSA) is 76.0 Å². The highest BCUT2D eigenvalue weighted by Gasteiger charge is 2.25. The van der Waals surface area contributed by atoms with Crippen LogP contribution in [0.1, 0.15) is 34.8 Å². The smallest absolute Gasteiger partial charge is 0.205 e. The van der Waals surface area contributed by atoms with E-state index in [1.807, 2.05) is 31.2 Å². The van der Waals surface area contributed by atoms with Crippen LogP contribution in [0.2, 0.25) is 0 Å². The van der Waals surface area contributed by atoms with E-state index in [0.717, 1.165) is 23.8 Å². The molecule has 31 heavy (non-hydrogen) atoms. The molecule has 2 aromatic carbocycles. The molecule has 0 saturated carbocycles. The van der Waals surface area contributed by atoms with E-state index in [0.29, 0.717) is 42.4 Å². The molecule has 162 valence electrons. The summed E-state index contributed by atoms with van der Waals surface area (Å²) >= 11 is 0. The number of nitrogens with zero attached hydrogens (tertiary/aromatic N) is 1. The number of nitrogens with one attached hydrogen (secondary N) is 2. The van der Waals surface area contributed by atoms with Gasteiger partial charge in [0.2, 0.25) is 5.75 Å². The summed E-state index contributed by atoms with van der Waals surface area (Å²) in [7, 11) is 0. The number of hydrogen-bond donors (Lipinski definition) is 2. The molecule has 1 aliphatic rings. The Labute approximate surface area is 181 Å². The third-order valence-corrected chi connectivity index (χ3v) is 5.24. The lowest BCUT2D eigenvalue weighted by atomic mass is 9.99. The maximum atomic E-state index is 12.5. The molecule has 2 heterocycles. The van der Waals surface area contributed by atoms with Crippen LogP contribution in [0.15, 0.2) is 59.5 Å². The van der Waals surface area contributed by atoms with E-state index in [4.69, 9.17) is 13.9 Å². The van der Waals surface area contributed by atoms with Crippen LogP contribution in [0.5, 0.6) is 11.5 Å². The molecule has 7 heteroatoms. The fraction of sp³-hybridized carbons (Fsp3) is 0.292. The van der Waals surface area contributed by atoms with Gasteiger partial charge in [-0.25, -0.2) is 0 Å². The van der Waals surface area contributed by atoms with E-state index in [1.54, 1.807) is 30.7 Å².